The van der Waals surface area contributed by atoms with Crippen molar-refractivity contribution >= 4 is 22.6 Å². The van der Waals surface area contributed by atoms with E-state index in [0.717, 1.165) is 33.4 Å². The zero-order valence-corrected chi connectivity index (χ0v) is 18.6. The summed E-state index contributed by atoms with van der Waals surface area (Å²) in [7, 11) is 0. The molecular formula is C25H26N6O2. The van der Waals surface area contributed by atoms with Crippen molar-refractivity contribution in [2.45, 2.75) is 45.3 Å². The van der Waals surface area contributed by atoms with Gasteiger partial charge in [-0.3, -0.25) is 19.1 Å². The Morgan fingerprint density at radius 2 is 2.12 bits per heavy atom. The van der Waals surface area contributed by atoms with E-state index in [1.54, 1.807) is 23.2 Å². The van der Waals surface area contributed by atoms with E-state index in [0.29, 0.717) is 19.4 Å². The van der Waals surface area contributed by atoms with Crippen molar-refractivity contribution in [1.29, 1.82) is 0 Å². The average Bonchev–Trinajstić information content (AvgIpc) is 3.44. The Balaban J connectivity index is 1.33. The molecule has 2 atom stereocenters. The summed E-state index contributed by atoms with van der Waals surface area (Å²) in [4.78, 5) is 38.0. The number of anilines is 1. The van der Waals surface area contributed by atoms with Crippen LogP contribution in [0, 0.1) is 6.92 Å². The molecule has 4 aromatic rings. The fraction of sp³-hybridized carbons (Fsp3) is 0.280. The summed E-state index contributed by atoms with van der Waals surface area (Å²) < 4.78 is 1.59. The molecule has 0 saturated carbocycles. The number of aromatic nitrogens is 4. The zero-order chi connectivity index (χ0) is 22.9. The predicted molar refractivity (Wildman–Crippen MR) is 127 cm³/mol. The van der Waals surface area contributed by atoms with Crippen LogP contribution in [0.5, 0.6) is 0 Å². The van der Waals surface area contributed by atoms with E-state index in [9.17, 15) is 9.59 Å². The molecule has 0 fully saturated rings. The Morgan fingerprint density at radius 3 is 2.94 bits per heavy atom. The molecule has 3 N–H and O–H groups in total. The minimum Gasteiger partial charge on any atom is -0.359 e. The van der Waals surface area contributed by atoms with Gasteiger partial charge in [-0.05, 0) is 49.9 Å². The number of aromatic amines is 1. The van der Waals surface area contributed by atoms with Crippen molar-refractivity contribution in [2.75, 3.05) is 5.32 Å². The molecule has 8 nitrogen and oxygen atoms in total. The first-order chi connectivity index (χ1) is 16.0. The molecule has 4 heterocycles. The molecule has 33 heavy (non-hydrogen) atoms. The maximum Gasteiger partial charge on any atom is 0.294 e. The number of rotatable bonds is 6. The molecule has 1 aromatic carbocycles. The van der Waals surface area contributed by atoms with Gasteiger partial charge in [-0.1, -0.05) is 24.3 Å². The fourth-order valence-electron chi connectivity index (χ4n) is 4.57. The summed E-state index contributed by atoms with van der Waals surface area (Å²) in [5, 5.41) is 7.21. The molecule has 1 amide bonds. The first kappa shape index (κ1) is 20.9. The number of carbonyl (C=O) groups excluding carboxylic acids is 1. The van der Waals surface area contributed by atoms with Crippen LogP contribution in [-0.4, -0.2) is 25.4 Å². The van der Waals surface area contributed by atoms with Gasteiger partial charge in [0.25, 0.3) is 5.56 Å². The highest BCUT2D eigenvalue weighted by Crippen LogP contribution is 2.25. The van der Waals surface area contributed by atoms with Crippen LogP contribution < -0.4 is 16.2 Å². The van der Waals surface area contributed by atoms with Crippen LogP contribution in [0.3, 0.4) is 0 Å². The monoisotopic (exact) mass is 442 g/mol. The lowest BCUT2D eigenvalue weighted by atomic mass is 10.0. The molecule has 0 bridgehead atoms. The van der Waals surface area contributed by atoms with Crippen LogP contribution in [0.1, 0.15) is 47.9 Å². The molecule has 0 spiro atoms. The molecule has 0 radical (unpaired) electrons. The van der Waals surface area contributed by atoms with E-state index in [1.165, 1.54) is 0 Å². The highest BCUT2D eigenvalue weighted by molar-refractivity contribution is 5.82. The summed E-state index contributed by atoms with van der Waals surface area (Å²) >= 11 is 0. The maximum atomic E-state index is 13.3. The van der Waals surface area contributed by atoms with Crippen LogP contribution in [0.15, 0.2) is 59.8 Å². The van der Waals surface area contributed by atoms with E-state index >= 15 is 0 Å². The van der Waals surface area contributed by atoms with E-state index in [2.05, 4.69) is 25.6 Å². The highest BCUT2D eigenvalue weighted by atomic mass is 16.2. The second-order valence-electron chi connectivity index (χ2n) is 8.53. The van der Waals surface area contributed by atoms with Gasteiger partial charge < -0.3 is 15.6 Å². The number of hydrogen-bond donors (Lipinski definition) is 3. The number of aryl methyl sites for hydroxylation is 2. The van der Waals surface area contributed by atoms with Gasteiger partial charge in [-0.2, -0.15) is 0 Å². The van der Waals surface area contributed by atoms with Crippen LogP contribution in [0.2, 0.25) is 0 Å². The number of pyridine rings is 1. The third kappa shape index (κ3) is 4.00. The van der Waals surface area contributed by atoms with E-state index in [4.69, 9.17) is 0 Å². The average molecular weight is 443 g/mol. The minimum absolute atomic E-state index is 0.0878. The second-order valence-corrected chi connectivity index (χ2v) is 8.53. The van der Waals surface area contributed by atoms with Gasteiger partial charge in [0, 0.05) is 40.9 Å². The van der Waals surface area contributed by atoms with Crippen LogP contribution in [-0.2, 0) is 17.8 Å². The predicted octanol–water partition coefficient (Wildman–Crippen LogP) is 3.40. The van der Waals surface area contributed by atoms with Crippen LogP contribution in [0.25, 0.3) is 10.9 Å². The Morgan fingerprint density at radius 1 is 1.27 bits per heavy atom. The minimum atomic E-state index is -0.545. The lowest BCUT2D eigenvalue weighted by molar-refractivity contribution is -0.124. The molecule has 168 valence electrons. The number of benzene rings is 1. The van der Waals surface area contributed by atoms with Crippen LogP contribution >= 0.6 is 0 Å². The first-order valence-corrected chi connectivity index (χ1v) is 11.1. The molecule has 1 aliphatic rings. The lowest BCUT2D eigenvalue weighted by Crippen LogP contribution is -2.36. The quantitative estimate of drug-likeness (QED) is 0.425. The molecule has 3 aromatic heterocycles. The molecule has 0 saturated heterocycles. The van der Waals surface area contributed by atoms with Crippen molar-refractivity contribution in [3.05, 3.63) is 87.9 Å². The van der Waals surface area contributed by atoms with Crippen molar-refractivity contribution in [1.82, 2.24) is 24.8 Å². The Hall–Kier alpha value is -3.94. The number of carbonyl (C=O) groups is 1. The third-order valence-corrected chi connectivity index (χ3v) is 6.30. The van der Waals surface area contributed by atoms with Gasteiger partial charge in [0.1, 0.15) is 6.04 Å². The second kappa shape index (κ2) is 8.54. The Labute approximate surface area is 191 Å². The number of nitrogens with zero attached hydrogens (tertiary/aromatic N) is 3. The van der Waals surface area contributed by atoms with Gasteiger partial charge in [-0.25, -0.2) is 4.98 Å². The van der Waals surface area contributed by atoms with E-state index in [-0.39, 0.29) is 23.3 Å². The van der Waals surface area contributed by atoms with Crippen molar-refractivity contribution < 1.29 is 4.79 Å². The fourth-order valence-corrected chi connectivity index (χ4v) is 4.57. The summed E-state index contributed by atoms with van der Waals surface area (Å²) in [5.74, 6) is 0.0917. The molecule has 0 aliphatic carbocycles. The van der Waals surface area contributed by atoms with Crippen LogP contribution in [0.4, 0.5) is 5.82 Å². The lowest BCUT2D eigenvalue weighted by Gasteiger charge is -2.19. The van der Waals surface area contributed by atoms with Gasteiger partial charge >= 0.3 is 0 Å². The molecule has 1 aliphatic heterocycles. The van der Waals surface area contributed by atoms with Gasteiger partial charge in [0.05, 0.1) is 12.6 Å². The standard InChI is InChI=1S/C25H26N6O2/c1-15-5-3-4-6-20(15)16(2)29-23-25(33)31-19(14-27-23)7-8-22(31)24(32)28-13-18-11-17-12-26-10-9-21(17)30-18/h3-6,9-12,14,16,22,30H,7-8,13H2,1-2H3,(H,27,29)(H,28,32)/t16-,22+/m1/s1. The normalized spacial score (nSPS) is 15.9. The van der Waals surface area contributed by atoms with Crippen molar-refractivity contribution in [3.8, 4) is 0 Å². The number of fused-ring (bicyclic) bond motifs is 2. The summed E-state index contributed by atoms with van der Waals surface area (Å²) in [6.07, 6.45) is 6.43. The zero-order valence-electron chi connectivity index (χ0n) is 18.6. The SMILES string of the molecule is Cc1ccccc1[C@@H](C)Nc1ncc2n(c1=O)[C@H](C(=O)NCc1cc3cnccc3[nH]1)CC2. The summed E-state index contributed by atoms with van der Waals surface area (Å²) in [6, 6.07) is 11.3. The number of amides is 1. The largest absolute Gasteiger partial charge is 0.359 e. The highest BCUT2D eigenvalue weighted by Gasteiger charge is 2.30. The smallest absolute Gasteiger partial charge is 0.294 e. The molecule has 8 heteroatoms. The van der Waals surface area contributed by atoms with Gasteiger partial charge in [0.15, 0.2) is 5.82 Å². The summed E-state index contributed by atoms with van der Waals surface area (Å²) in [6.45, 7) is 4.40. The maximum absolute atomic E-state index is 13.3. The third-order valence-electron chi connectivity index (χ3n) is 6.30. The summed E-state index contributed by atoms with van der Waals surface area (Å²) in [5.41, 5.74) is 4.63. The van der Waals surface area contributed by atoms with Crippen molar-refractivity contribution in [2.24, 2.45) is 0 Å². The van der Waals surface area contributed by atoms with E-state index in [1.807, 2.05) is 50.2 Å². The molecule has 5 rings (SSSR count). The number of H-pyrrole nitrogens is 1. The molecule has 0 unspecified atom stereocenters. The van der Waals surface area contributed by atoms with E-state index < -0.39 is 6.04 Å². The van der Waals surface area contributed by atoms with Crippen molar-refractivity contribution in [3.63, 3.8) is 0 Å². The van der Waals surface area contributed by atoms with Gasteiger partial charge in [-0.15, -0.1) is 0 Å². The topological polar surface area (TPSA) is 105 Å². The Kier molecular flexibility index (Phi) is 5.42. The number of nitrogens with one attached hydrogen (secondary N) is 3. The number of hydrogen-bond acceptors (Lipinski definition) is 5. The first-order valence-electron chi connectivity index (χ1n) is 11.1. The Bertz CT molecular complexity index is 1360. The molecular weight excluding hydrogens is 416 g/mol. The van der Waals surface area contributed by atoms with Gasteiger partial charge in [0.2, 0.25) is 5.91 Å².